The molecule has 1 amide bonds. The van der Waals surface area contributed by atoms with E-state index in [1.54, 1.807) is 6.08 Å². The highest BCUT2D eigenvalue weighted by atomic mass is 16.3. The second-order valence-electron chi connectivity index (χ2n) is 9.45. The largest absolute Gasteiger partial charge is 0.394 e. The molecule has 0 aromatic rings. The van der Waals surface area contributed by atoms with Gasteiger partial charge in [0.25, 0.3) is 0 Å². The molecule has 34 heavy (non-hydrogen) atoms. The molecule has 3 N–H and O–H groups in total. The van der Waals surface area contributed by atoms with Gasteiger partial charge in [0.15, 0.2) is 0 Å². The van der Waals surface area contributed by atoms with Crippen LogP contribution in [0.5, 0.6) is 0 Å². The summed E-state index contributed by atoms with van der Waals surface area (Å²) in [5, 5.41) is 22.6. The van der Waals surface area contributed by atoms with Gasteiger partial charge >= 0.3 is 0 Å². The molecule has 198 valence electrons. The number of hydrogen-bond acceptors (Lipinski definition) is 3. The third-order valence-corrected chi connectivity index (χ3v) is 6.10. The molecule has 0 aromatic heterocycles. The molecule has 0 saturated heterocycles. The summed E-state index contributed by atoms with van der Waals surface area (Å²) in [5.74, 6) is -0.115. The Balaban J connectivity index is 3.83. The number of rotatable bonds is 24. The lowest BCUT2D eigenvalue weighted by molar-refractivity contribution is -0.122. The molecular weight excluding hydrogens is 422 g/mol. The molecule has 0 aromatic carbocycles. The van der Waals surface area contributed by atoms with Gasteiger partial charge in [-0.15, -0.1) is 0 Å². The topological polar surface area (TPSA) is 69.6 Å². The lowest BCUT2D eigenvalue weighted by atomic mass is 10.1. The molecule has 4 heteroatoms. The van der Waals surface area contributed by atoms with Gasteiger partial charge in [0.1, 0.15) is 0 Å². The summed E-state index contributed by atoms with van der Waals surface area (Å²) in [6.45, 7) is 4.20. The van der Waals surface area contributed by atoms with E-state index < -0.39 is 12.1 Å². The average Bonchev–Trinajstić information content (AvgIpc) is 2.84. The fraction of sp³-hybridized carbons (Fsp3) is 0.767. The average molecular weight is 478 g/mol. The van der Waals surface area contributed by atoms with E-state index in [9.17, 15) is 15.0 Å². The van der Waals surface area contributed by atoms with E-state index in [4.69, 9.17) is 0 Å². The SMILES string of the molecule is CCCCCC/C=C\CCCC(=O)NC(CO)C(O)/C=C/CC/C=C/CCCCCCCCC. The minimum absolute atomic E-state index is 0.115. The number of hydrogen-bond donors (Lipinski definition) is 3. The number of allylic oxidation sites excluding steroid dienone is 5. The Hall–Kier alpha value is -1.39. The Kier molecular flexibility index (Phi) is 25.1. The number of nitrogens with one attached hydrogen (secondary N) is 1. The molecule has 2 atom stereocenters. The van der Waals surface area contributed by atoms with Crippen molar-refractivity contribution in [3.05, 3.63) is 36.5 Å². The van der Waals surface area contributed by atoms with Crippen LogP contribution in [0.1, 0.15) is 129 Å². The Morgan fingerprint density at radius 1 is 0.676 bits per heavy atom. The molecule has 0 aliphatic carbocycles. The quantitative estimate of drug-likeness (QED) is 0.0992. The maximum Gasteiger partial charge on any atom is 0.220 e. The van der Waals surface area contributed by atoms with Crippen molar-refractivity contribution >= 4 is 5.91 Å². The summed E-state index contributed by atoms with van der Waals surface area (Å²) in [4.78, 5) is 12.1. The van der Waals surface area contributed by atoms with E-state index in [2.05, 4.69) is 43.5 Å². The standard InChI is InChI=1S/C30H55NO3/c1-3-5-7-9-11-13-14-15-16-18-19-21-23-25-29(33)28(27-32)31-30(34)26-24-22-20-17-12-10-8-6-4-2/h16-18,20,23,25,28-29,32-33H,3-15,19,21-22,24,26-27H2,1-2H3,(H,31,34)/b18-16+,20-17-,25-23+. The molecule has 0 fully saturated rings. The van der Waals surface area contributed by atoms with Crippen molar-refractivity contribution in [3.8, 4) is 0 Å². The zero-order chi connectivity index (χ0) is 25.1. The Bertz CT molecular complexity index is 527. The van der Waals surface area contributed by atoms with E-state index in [-0.39, 0.29) is 12.5 Å². The second-order valence-corrected chi connectivity index (χ2v) is 9.45. The normalized spacial score (nSPS) is 13.9. The fourth-order valence-corrected chi connectivity index (χ4v) is 3.84. The van der Waals surface area contributed by atoms with E-state index in [1.807, 2.05) is 6.08 Å². The summed E-state index contributed by atoms with van der Waals surface area (Å²) >= 11 is 0. The number of carbonyl (C=O) groups is 1. The van der Waals surface area contributed by atoms with Crippen molar-refractivity contribution in [1.82, 2.24) is 5.32 Å². The number of unbranched alkanes of at least 4 members (excludes halogenated alkanes) is 13. The summed E-state index contributed by atoms with van der Waals surface area (Å²) in [7, 11) is 0. The van der Waals surface area contributed by atoms with Crippen LogP contribution in [0.4, 0.5) is 0 Å². The summed E-state index contributed by atoms with van der Waals surface area (Å²) in [5.41, 5.74) is 0. The molecule has 2 unspecified atom stereocenters. The minimum atomic E-state index is -0.867. The first-order valence-corrected chi connectivity index (χ1v) is 14.2. The van der Waals surface area contributed by atoms with Crippen molar-refractivity contribution in [2.45, 2.75) is 142 Å². The van der Waals surface area contributed by atoms with E-state index in [0.29, 0.717) is 6.42 Å². The van der Waals surface area contributed by atoms with Crippen molar-refractivity contribution < 1.29 is 15.0 Å². The van der Waals surface area contributed by atoms with E-state index in [1.165, 1.54) is 70.6 Å². The van der Waals surface area contributed by atoms with E-state index in [0.717, 1.165) is 38.5 Å². The van der Waals surface area contributed by atoms with Crippen molar-refractivity contribution in [2.75, 3.05) is 6.61 Å². The van der Waals surface area contributed by atoms with Gasteiger partial charge in [-0.25, -0.2) is 0 Å². The predicted octanol–water partition coefficient (Wildman–Crippen LogP) is 7.55. The van der Waals surface area contributed by atoms with Gasteiger partial charge in [-0.1, -0.05) is 108 Å². The smallest absolute Gasteiger partial charge is 0.220 e. The lowest BCUT2D eigenvalue weighted by Gasteiger charge is -2.19. The van der Waals surface area contributed by atoms with Crippen LogP contribution < -0.4 is 5.32 Å². The fourth-order valence-electron chi connectivity index (χ4n) is 3.84. The Morgan fingerprint density at radius 3 is 1.74 bits per heavy atom. The Labute approximate surface area is 211 Å². The highest BCUT2D eigenvalue weighted by molar-refractivity contribution is 5.76. The zero-order valence-electron chi connectivity index (χ0n) is 22.4. The first-order chi connectivity index (χ1) is 16.7. The molecule has 4 nitrogen and oxygen atoms in total. The van der Waals surface area contributed by atoms with E-state index >= 15 is 0 Å². The summed E-state index contributed by atoms with van der Waals surface area (Å²) in [6, 6.07) is -0.647. The molecule has 0 bridgehead atoms. The van der Waals surface area contributed by atoms with Crippen molar-refractivity contribution in [1.29, 1.82) is 0 Å². The minimum Gasteiger partial charge on any atom is -0.394 e. The Morgan fingerprint density at radius 2 is 1.15 bits per heavy atom. The third kappa shape index (κ3) is 22.4. The van der Waals surface area contributed by atoms with Crippen molar-refractivity contribution in [3.63, 3.8) is 0 Å². The zero-order valence-corrected chi connectivity index (χ0v) is 22.4. The highest BCUT2D eigenvalue weighted by Gasteiger charge is 2.17. The van der Waals surface area contributed by atoms with Crippen LogP contribution in [0.3, 0.4) is 0 Å². The lowest BCUT2D eigenvalue weighted by Crippen LogP contribution is -2.45. The predicted molar refractivity (Wildman–Crippen MR) is 147 cm³/mol. The van der Waals surface area contributed by atoms with Gasteiger partial charge in [-0.05, 0) is 51.4 Å². The molecule has 0 aliphatic heterocycles. The monoisotopic (exact) mass is 477 g/mol. The molecule has 0 spiro atoms. The molecule has 0 saturated carbocycles. The molecule has 0 rings (SSSR count). The molecule has 0 radical (unpaired) electrons. The molecular formula is C30H55NO3. The van der Waals surface area contributed by atoms with Crippen molar-refractivity contribution in [2.24, 2.45) is 0 Å². The third-order valence-electron chi connectivity index (χ3n) is 6.10. The number of amides is 1. The van der Waals surface area contributed by atoms with Crippen LogP contribution in [-0.2, 0) is 4.79 Å². The van der Waals surface area contributed by atoms with Crippen LogP contribution >= 0.6 is 0 Å². The van der Waals surface area contributed by atoms with Gasteiger partial charge in [-0.2, -0.15) is 0 Å². The summed E-state index contributed by atoms with van der Waals surface area (Å²) < 4.78 is 0. The van der Waals surface area contributed by atoms with Crippen LogP contribution in [0.15, 0.2) is 36.5 Å². The van der Waals surface area contributed by atoms with Crippen LogP contribution in [0, 0.1) is 0 Å². The first-order valence-electron chi connectivity index (χ1n) is 14.2. The molecule has 0 aliphatic rings. The van der Waals surface area contributed by atoms with Gasteiger partial charge in [0.2, 0.25) is 5.91 Å². The van der Waals surface area contributed by atoms with Gasteiger partial charge in [0, 0.05) is 6.42 Å². The van der Waals surface area contributed by atoms with Crippen LogP contribution in [0.2, 0.25) is 0 Å². The summed E-state index contributed by atoms with van der Waals surface area (Å²) in [6.07, 6.45) is 32.2. The number of aliphatic hydroxyl groups is 2. The van der Waals surface area contributed by atoms with Gasteiger partial charge in [-0.3, -0.25) is 4.79 Å². The number of carbonyl (C=O) groups excluding carboxylic acids is 1. The van der Waals surface area contributed by atoms with Gasteiger partial charge < -0.3 is 15.5 Å². The van der Waals surface area contributed by atoms with Crippen LogP contribution in [-0.4, -0.2) is 34.9 Å². The van der Waals surface area contributed by atoms with Crippen LogP contribution in [0.25, 0.3) is 0 Å². The number of aliphatic hydroxyl groups excluding tert-OH is 2. The highest BCUT2D eigenvalue weighted by Crippen LogP contribution is 2.09. The van der Waals surface area contributed by atoms with Gasteiger partial charge in [0.05, 0.1) is 18.8 Å². The maximum absolute atomic E-state index is 12.1. The maximum atomic E-state index is 12.1. The first kappa shape index (κ1) is 32.6. The second kappa shape index (κ2) is 26.2. The molecule has 0 heterocycles.